The quantitative estimate of drug-likeness (QED) is 0.436. The van der Waals surface area contributed by atoms with Crippen molar-refractivity contribution in [3.05, 3.63) is 62.1 Å². The van der Waals surface area contributed by atoms with E-state index in [4.69, 9.17) is 46.4 Å². The number of nitrogens with one attached hydrogen (secondary N) is 1. The highest BCUT2D eigenvalue weighted by molar-refractivity contribution is 7.92. The van der Waals surface area contributed by atoms with E-state index in [0.717, 1.165) is 17.0 Å². The number of nitrogens with zero attached hydrogens (tertiary/aromatic N) is 2. The molecule has 34 heavy (non-hydrogen) atoms. The Hall–Kier alpha value is -1.71. The normalized spacial score (nSPS) is 12.2. The maximum atomic E-state index is 13.4. The van der Waals surface area contributed by atoms with Crippen molar-refractivity contribution in [3.8, 4) is 0 Å². The number of hydrogen-bond acceptors (Lipinski definition) is 4. The number of rotatable bonds is 10. The van der Waals surface area contributed by atoms with Crippen LogP contribution in [0.2, 0.25) is 20.1 Å². The summed E-state index contributed by atoms with van der Waals surface area (Å²) < 4.78 is 26.0. The molecule has 7 nitrogen and oxygen atoms in total. The monoisotopic (exact) mass is 567 g/mol. The van der Waals surface area contributed by atoms with Gasteiger partial charge in [-0.3, -0.25) is 13.9 Å². The summed E-state index contributed by atoms with van der Waals surface area (Å²) >= 11 is 24.2. The number of carbonyl (C=O) groups is 2. The second-order valence-electron chi connectivity index (χ2n) is 7.63. The summed E-state index contributed by atoms with van der Waals surface area (Å²) in [5.74, 6) is -0.973. The van der Waals surface area contributed by atoms with Crippen LogP contribution in [0.3, 0.4) is 0 Å². The highest BCUT2D eigenvalue weighted by Gasteiger charge is 2.30. The van der Waals surface area contributed by atoms with Crippen LogP contribution in [0.4, 0.5) is 5.69 Å². The molecular weight excluding hydrogens is 544 g/mol. The zero-order valence-corrected chi connectivity index (χ0v) is 22.7. The van der Waals surface area contributed by atoms with Crippen molar-refractivity contribution < 1.29 is 18.0 Å². The summed E-state index contributed by atoms with van der Waals surface area (Å²) in [6, 6.07) is 8.19. The van der Waals surface area contributed by atoms with Gasteiger partial charge >= 0.3 is 0 Å². The zero-order chi connectivity index (χ0) is 25.6. The predicted octanol–water partition coefficient (Wildman–Crippen LogP) is 5.01. The summed E-state index contributed by atoms with van der Waals surface area (Å²) in [6.45, 7) is 3.35. The molecule has 2 aromatic carbocycles. The van der Waals surface area contributed by atoms with Crippen LogP contribution in [-0.2, 0) is 26.2 Å². The largest absolute Gasteiger partial charge is 0.354 e. The van der Waals surface area contributed by atoms with E-state index in [1.807, 2.05) is 6.92 Å². The average Bonchev–Trinajstić information content (AvgIpc) is 2.74. The van der Waals surface area contributed by atoms with E-state index in [-0.39, 0.29) is 28.2 Å². The molecule has 1 N–H and O–H groups in total. The van der Waals surface area contributed by atoms with Gasteiger partial charge in [-0.15, -0.1) is 0 Å². The first-order valence-electron chi connectivity index (χ1n) is 10.3. The predicted molar refractivity (Wildman–Crippen MR) is 138 cm³/mol. The number of halogens is 4. The Kier molecular flexibility index (Phi) is 10.3. The van der Waals surface area contributed by atoms with Crippen molar-refractivity contribution in [2.75, 3.05) is 23.7 Å². The van der Waals surface area contributed by atoms with Gasteiger partial charge in [0.15, 0.2) is 0 Å². The van der Waals surface area contributed by atoms with E-state index < -0.39 is 28.5 Å². The third-order valence-corrected chi connectivity index (χ3v) is 7.18. The van der Waals surface area contributed by atoms with Gasteiger partial charge in [0.05, 0.1) is 22.0 Å². The van der Waals surface area contributed by atoms with Gasteiger partial charge in [-0.1, -0.05) is 59.4 Å². The first-order valence-corrected chi connectivity index (χ1v) is 13.6. The third-order valence-electron chi connectivity index (χ3n) is 4.87. The molecule has 0 saturated heterocycles. The summed E-state index contributed by atoms with van der Waals surface area (Å²) in [4.78, 5) is 27.4. The molecule has 2 amide bonds. The molecule has 2 rings (SSSR count). The molecule has 0 fully saturated rings. The van der Waals surface area contributed by atoms with Crippen molar-refractivity contribution in [2.45, 2.75) is 32.9 Å². The maximum Gasteiger partial charge on any atom is 0.244 e. The van der Waals surface area contributed by atoms with Gasteiger partial charge in [0.2, 0.25) is 21.8 Å². The van der Waals surface area contributed by atoms with Gasteiger partial charge in [0, 0.05) is 23.1 Å². The Morgan fingerprint density at radius 3 is 2.15 bits per heavy atom. The molecule has 0 saturated carbocycles. The van der Waals surface area contributed by atoms with Crippen molar-refractivity contribution in [1.29, 1.82) is 0 Å². The molecule has 0 bridgehead atoms. The molecule has 0 heterocycles. The lowest BCUT2D eigenvalue weighted by molar-refractivity contribution is -0.139. The van der Waals surface area contributed by atoms with Crippen LogP contribution in [0, 0.1) is 0 Å². The number of hydrogen-bond donors (Lipinski definition) is 1. The van der Waals surface area contributed by atoms with Crippen molar-refractivity contribution >= 4 is 73.9 Å². The zero-order valence-electron chi connectivity index (χ0n) is 18.8. The summed E-state index contributed by atoms with van der Waals surface area (Å²) in [5.41, 5.74) is 0.750. The number of amides is 2. The Balaban J connectivity index is 2.42. The minimum absolute atomic E-state index is 0.00430. The Morgan fingerprint density at radius 2 is 1.62 bits per heavy atom. The maximum absolute atomic E-state index is 13.4. The van der Waals surface area contributed by atoms with E-state index in [1.165, 1.54) is 23.1 Å². The van der Waals surface area contributed by atoms with Crippen LogP contribution < -0.4 is 9.62 Å². The fourth-order valence-electron chi connectivity index (χ4n) is 3.11. The molecule has 0 radical (unpaired) electrons. The van der Waals surface area contributed by atoms with Crippen molar-refractivity contribution in [2.24, 2.45) is 0 Å². The van der Waals surface area contributed by atoms with Gasteiger partial charge in [0.1, 0.15) is 12.6 Å². The summed E-state index contributed by atoms with van der Waals surface area (Å²) in [6.07, 6.45) is 1.69. The minimum atomic E-state index is -3.90. The Labute approximate surface area is 220 Å². The fraction of sp³-hybridized carbons (Fsp3) is 0.364. The van der Waals surface area contributed by atoms with E-state index in [1.54, 1.807) is 25.1 Å². The molecule has 2 aromatic rings. The van der Waals surface area contributed by atoms with Crippen LogP contribution in [0.5, 0.6) is 0 Å². The van der Waals surface area contributed by atoms with E-state index in [2.05, 4.69) is 5.32 Å². The third kappa shape index (κ3) is 7.92. The van der Waals surface area contributed by atoms with E-state index in [9.17, 15) is 18.0 Å². The number of carbonyl (C=O) groups excluding carboxylic acids is 2. The minimum Gasteiger partial charge on any atom is -0.354 e. The number of sulfonamides is 1. The lowest BCUT2D eigenvalue weighted by atomic mass is 10.1. The van der Waals surface area contributed by atoms with Gasteiger partial charge < -0.3 is 10.2 Å². The molecule has 0 aliphatic rings. The second kappa shape index (κ2) is 12.3. The van der Waals surface area contributed by atoms with E-state index in [0.29, 0.717) is 22.2 Å². The molecule has 186 valence electrons. The van der Waals surface area contributed by atoms with Crippen LogP contribution in [0.1, 0.15) is 25.8 Å². The summed E-state index contributed by atoms with van der Waals surface area (Å²) in [5, 5.41) is 3.82. The van der Waals surface area contributed by atoms with Gasteiger partial charge in [-0.2, -0.15) is 0 Å². The van der Waals surface area contributed by atoms with Crippen LogP contribution >= 0.6 is 46.4 Å². The molecule has 0 unspecified atom stereocenters. The Morgan fingerprint density at radius 1 is 1.00 bits per heavy atom. The fourth-order valence-corrected chi connectivity index (χ4v) is 4.78. The number of benzene rings is 2. The highest BCUT2D eigenvalue weighted by atomic mass is 35.5. The first-order chi connectivity index (χ1) is 15.8. The molecule has 0 aromatic heterocycles. The molecular formula is C22H25Cl4N3O4S. The Bertz CT molecular complexity index is 1140. The first kappa shape index (κ1) is 28.5. The van der Waals surface area contributed by atoms with E-state index >= 15 is 0 Å². The van der Waals surface area contributed by atoms with Gasteiger partial charge in [-0.05, 0) is 49.2 Å². The second-order valence-corrected chi connectivity index (χ2v) is 11.2. The summed E-state index contributed by atoms with van der Waals surface area (Å²) in [7, 11) is -3.90. The standard InChI is InChI=1S/C22H25Cl4N3O4S/c1-4-7-27-22(31)14(2)28(12-15-5-6-19(25)20(26)8-15)21(30)13-29(34(3,32)33)18-10-16(23)9-17(24)11-18/h5-6,8-11,14H,4,7,12-13H2,1-3H3,(H,27,31)/t14-/m0/s1. The van der Waals surface area contributed by atoms with Gasteiger partial charge in [-0.25, -0.2) is 8.42 Å². The average molecular weight is 569 g/mol. The molecule has 0 aliphatic carbocycles. The smallest absolute Gasteiger partial charge is 0.244 e. The molecule has 0 spiro atoms. The van der Waals surface area contributed by atoms with Gasteiger partial charge in [0.25, 0.3) is 0 Å². The molecule has 0 aliphatic heterocycles. The molecule has 12 heteroatoms. The van der Waals surface area contributed by atoms with Crippen molar-refractivity contribution in [1.82, 2.24) is 10.2 Å². The van der Waals surface area contributed by atoms with Crippen LogP contribution in [0.15, 0.2) is 36.4 Å². The SMILES string of the molecule is CCCNC(=O)[C@H](C)N(Cc1ccc(Cl)c(Cl)c1)C(=O)CN(c1cc(Cl)cc(Cl)c1)S(C)(=O)=O. The molecule has 1 atom stereocenters. The lowest BCUT2D eigenvalue weighted by Gasteiger charge is -2.31. The van der Waals surface area contributed by atoms with Crippen LogP contribution in [-0.4, -0.2) is 50.5 Å². The van der Waals surface area contributed by atoms with Crippen molar-refractivity contribution in [3.63, 3.8) is 0 Å². The lowest BCUT2D eigenvalue weighted by Crippen LogP contribution is -2.51. The topological polar surface area (TPSA) is 86.8 Å². The number of anilines is 1. The highest BCUT2D eigenvalue weighted by Crippen LogP contribution is 2.28. The van der Waals surface area contributed by atoms with Crippen LogP contribution in [0.25, 0.3) is 0 Å².